The molecule has 31 heavy (non-hydrogen) atoms. The normalized spacial score (nSPS) is 14.9. The number of benzene rings is 1. The fourth-order valence-corrected chi connectivity index (χ4v) is 3.68. The molecule has 3 aromatic rings. The molecule has 0 unspecified atom stereocenters. The predicted octanol–water partition coefficient (Wildman–Crippen LogP) is 1.45. The Kier molecular flexibility index (Phi) is 6.23. The van der Waals surface area contributed by atoms with Gasteiger partial charge in [-0.1, -0.05) is 27.6 Å². The molecule has 0 saturated carbocycles. The van der Waals surface area contributed by atoms with Crippen molar-refractivity contribution >= 4 is 33.9 Å². The second-order valence-corrected chi connectivity index (χ2v) is 7.92. The Hall–Kier alpha value is -3.32. The minimum atomic E-state index is -0.565. The lowest BCUT2D eigenvalue weighted by Gasteiger charge is -2.25. The lowest BCUT2D eigenvalue weighted by atomic mass is 10.1. The fourth-order valence-electron chi connectivity index (χ4n) is 3.30. The molecule has 12 nitrogen and oxygen atoms in total. The number of phenols is 1. The summed E-state index contributed by atoms with van der Waals surface area (Å²) < 4.78 is 6.59. The summed E-state index contributed by atoms with van der Waals surface area (Å²) in [6, 6.07) is 4.88. The lowest BCUT2D eigenvalue weighted by molar-refractivity contribution is 0.0944. The average molecular weight is 490 g/mol. The van der Waals surface area contributed by atoms with Gasteiger partial charge in [0.15, 0.2) is 5.69 Å². The van der Waals surface area contributed by atoms with E-state index in [2.05, 4.69) is 56.6 Å². The third-order valence-electron chi connectivity index (χ3n) is 4.83. The number of likely N-dealkylation sites (tertiary alicyclic amines) is 1. The molecule has 1 saturated heterocycles. The molecular formula is C18H20BrN9O3. The van der Waals surface area contributed by atoms with Crippen LogP contribution in [0.1, 0.15) is 41.0 Å². The van der Waals surface area contributed by atoms with Gasteiger partial charge >= 0.3 is 0 Å². The molecule has 0 bridgehead atoms. The summed E-state index contributed by atoms with van der Waals surface area (Å²) in [5, 5.41) is 29.3. The second-order valence-electron chi connectivity index (χ2n) is 7.01. The van der Waals surface area contributed by atoms with Crippen molar-refractivity contribution in [1.82, 2.24) is 35.6 Å². The number of nitrogen functional groups attached to an aromatic ring is 1. The molecule has 0 atom stereocenters. The van der Waals surface area contributed by atoms with E-state index in [0.717, 1.165) is 30.4 Å². The first-order valence-corrected chi connectivity index (χ1v) is 10.4. The number of nitrogens with two attached hydrogens (primary N) is 1. The molecule has 3 heterocycles. The van der Waals surface area contributed by atoms with E-state index in [9.17, 15) is 9.90 Å². The first-order valence-electron chi connectivity index (χ1n) is 9.60. The van der Waals surface area contributed by atoms with Crippen LogP contribution >= 0.6 is 15.9 Å². The number of hydrogen-bond donors (Lipinski definition) is 3. The molecule has 13 heteroatoms. The molecular weight excluding hydrogens is 470 g/mol. The highest BCUT2D eigenvalue weighted by molar-refractivity contribution is 9.10. The maximum Gasteiger partial charge on any atom is 0.292 e. The van der Waals surface area contributed by atoms with Gasteiger partial charge in [0.05, 0.1) is 6.21 Å². The second kappa shape index (κ2) is 9.22. The number of nitrogens with zero attached hydrogens (tertiary/aromatic N) is 7. The third-order valence-corrected chi connectivity index (χ3v) is 5.33. The van der Waals surface area contributed by atoms with Crippen LogP contribution in [0.2, 0.25) is 0 Å². The van der Waals surface area contributed by atoms with Gasteiger partial charge in [-0.25, -0.2) is 10.1 Å². The zero-order valence-corrected chi connectivity index (χ0v) is 18.0. The summed E-state index contributed by atoms with van der Waals surface area (Å²) in [5.74, 6) is -0.493. The molecule has 2 aromatic heterocycles. The largest absolute Gasteiger partial charge is 0.507 e. The van der Waals surface area contributed by atoms with E-state index in [1.165, 1.54) is 23.4 Å². The number of carbonyl (C=O) groups excluding carboxylic acids is 1. The summed E-state index contributed by atoms with van der Waals surface area (Å²) >= 11 is 3.33. The van der Waals surface area contributed by atoms with Gasteiger partial charge in [0.1, 0.15) is 11.4 Å². The van der Waals surface area contributed by atoms with E-state index < -0.39 is 5.91 Å². The quantitative estimate of drug-likeness (QED) is 0.343. The van der Waals surface area contributed by atoms with Crippen molar-refractivity contribution in [1.29, 1.82) is 0 Å². The van der Waals surface area contributed by atoms with Gasteiger partial charge in [0.25, 0.3) is 5.91 Å². The summed E-state index contributed by atoms with van der Waals surface area (Å²) in [4.78, 5) is 15.2. The van der Waals surface area contributed by atoms with Crippen LogP contribution in [0, 0.1) is 0 Å². The van der Waals surface area contributed by atoms with E-state index in [1.807, 2.05) is 0 Å². The zero-order chi connectivity index (χ0) is 21.8. The van der Waals surface area contributed by atoms with E-state index in [4.69, 9.17) is 5.73 Å². The summed E-state index contributed by atoms with van der Waals surface area (Å²) in [6.45, 7) is 2.29. The molecule has 1 aliphatic heterocycles. The minimum absolute atomic E-state index is 0.0222. The van der Waals surface area contributed by atoms with Crippen molar-refractivity contribution < 1.29 is 14.5 Å². The maximum absolute atomic E-state index is 13.0. The van der Waals surface area contributed by atoms with Gasteiger partial charge in [0.2, 0.25) is 11.6 Å². The minimum Gasteiger partial charge on any atom is -0.507 e. The molecule has 4 rings (SSSR count). The van der Waals surface area contributed by atoms with Crippen LogP contribution in [-0.4, -0.2) is 60.5 Å². The molecule has 0 spiro atoms. The Morgan fingerprint density at radius 1 is 1.32 bits per heavy atom. The Balaban J connectivity index is 1.60. The number of halogens is 1. The number of nitrogens with one attached hydrogen (secondary N) is 1. The van der Waals surface area contributed by atoms with Crippen LogP contribution in [0.3, 0.4) is 0 Å². The number of phenolic OH excluding ortho intramolecular Hbond substituents is 1. The van der Waals surface area contributed by atoms with Gasteiger partial charge in [-0.05, 0) is 54.4 Å². The Labute approximate surface area is 185 Å². The van der Waals surface area contributed by atoms with Gasteiger partial charge in [0, 0.05) is 16.6 Å². The smallest absolute Gasteiger partial charge is 0.292 e. The van der Waals surface area contributed by atoms with Gasteiger partial charge in [-0.3, -0.25) is 9.69 Å². The maximum atomic E-state index is 13.0. The van der Waals surface area contributed by atoms with Crippen LogP contribution in [0.15, 0.2) is 32.4 Å². The number of hydrazone groups is 1. The number of piperidine rings is 1. The number of aromatic hydroxyl groups is 1. The first kappa shape index (κ1) is 20.9. The average Bonchev–Trinajstić information content (AvgIpc) is 3.37. The highest BCUT2D eigenvalue weighted by atomic mass is 79.9. The molecule has 1 aromatic carbocycles. The fraction of sp³-hybridized carbons (Fsp3) is 0.333. The SMILES string of the molecule is Nc1nonc1-n1nnc(CN2CCCCC2)c1C(=O)N/N=C\c1cc(Br)ccc1O. The molecule has 1 aliphatic rings. The van der Waals surface area contributed by atoms with Gasteiger partial charge < -0.3 is 10.8 Å². The van der Waals surface area contributed by atoms with Crippen molar-refractivity contribution in [2.75, 3.05) is 18.8 Å². The lowest BCUT2D eigenvalue weighted by Crippen LogP contribution is -2.31. The van der Waals surface area contributed by atoms with Crippen LogP contribution in [-0.2, 0) is 6.54 Å². The van der Waals surface area contributed by atoms with Crippen LogP contribution < -0.4 is 11.2 Å². The summed E-state index contributed by atoms with van der Waals surface area (Å²) in [5.41, 5.74) is 9.25. The summed E-state index contributed by atoms with van der Waals surface area (Å²) in [7, 11) is 0. The molecule has 1 fully saturated rings. The monoisotopic (exact) mass is 489 g/mol. The summed E-state index contributed by atoms with van der Waals surface area (Å²) in [6.07, 6.45) is 4.71. The van der Waals surface area contributed by atoms with Crippen molar-refractivity contribution in [3.05, 3.63) is 39.6 Å². The number of carbonyl (C=O) groups is 1. The van der Waals surface area contributed by atoms with Crippen LogP contribution in [0.4, 0.5) is 5.82 Å². The predicted molar refractivity (Wildman–Crippen MR) is 114 cm³/mol. The molecule has 0 radical (unpaired) electrons. The standard InChI is InChI=1S/C18H20BrN9O3/c19-12-4-5-14(29)11(8-12)9-21-23-18(30)15-13(10-27-6-2-1-3-7-27)22-26-28(15)17-16(20)24-31-25-17/h4-5,8-9,29H,1-3,6-7,10H2,(H2,20,24)(H,23,30)/b21-9-. The van der Waals surface area contributed by atoms with Crippen LogP contribution in [0.25, 0.3) is 5.82 Å². The van der Waals surface area contributed by atoms with Crippen molar-refractivity contribution in [2.45, 2.75) is 25.8 Å². The van der Waals surface area contributed by atoms with Crippen LogP contribution in [0.5, 0.6) is 5.75 Å². The number of hydrogen-bond acceptors (Lipinski definition) is 10. The topological polar surface area (TPSA) is 161 Å². The van der Waals surface area contributed by atoms with Gasteiger partial charge in [-0.2, -0.15) is 9.78 Å². The van der Waals surface area contributed by atoms with E-state index >= 15 is 0 Å². The Morgan fingerprint density at radius 2 is 2.13 bits per heavy atom. The number of amides is 1. The third kappa shape index (κ3) is 4.72. The molecule has 1 amide bonds. The van der Waals surface area contributed by atoms with E-state index in [0.29, 0.717) is 17.8 Å². The number of aromatic nitrogens is 5. The highest BCUT2D eigenvalue weighted by Crippen LogP contribution is 2.21. The number of anilines is 1. The van der Waals surface area contributed by atoms with Crippen molar-refractivity contribution in [2.24, 2.45) is 5.10 Å². The number of rotatable bonds is 6. The zero-order valence-electron chi connectivity index (χ0n) is 16.4. The molecule has 162 valence electrons. The van der Waals surface area contributed by atoms with E-state index in [1.54, 1.807) is 12.1 Å². The Morgan fingerprint density at radius 3 is 2.87 bits per heavy atom. The van der Waals surface area contributed by atoms with Gasteiger partial charge in [-0.15, -0.1) is 5.10 Å². The Bertz CT molecular complexity index is 1100. The highest BCUT2D eigenvalue weighted by Gasteiger charge is 2.26. The first-order chi connectivity index (χ1) is 15.0. The van der Waals surface area contributed by atoms with E-state index in [-0.39, 0.29) is 23.1 Å². The van der Waals surface area contributed by atoms with Crippen molar-refractivity contribution in [3.8, 4) is 11.6 Å². The molecule has 0 aliphatic carbocycles. The molecule has 4 N–H and O–H groups in total. The van der Waals surface area contributed by atoms with Crippen molar-refractivity contribution in [3.63, 3.8) is 0 Å².